The average Bonchev–Trinajstić information content (AvgIpc) is 2.46. The summed E-state index contributed by atoms with van der Waals surface area (Å²) in [4.78, 5) is 13.2. The van der Waals surface area contributed by atoms with Crippen LogP contribution in [-0.2, 0) is 4.79 Å². The van der Waals surface area contributed by atoms with Gasteiger partial charge in [-0.3, -0.25) is 4.79 Å². The van der Waals surface area contributed by atoms with Gasteiger partial charge in [-0.25, -0.2) is 0 Å². The van der Waals surface area contributed by atoms with E-state index in [1.807, 2.05) is 27.7 Å². The van der Waals surface area contributed by atoms with Crippen LogP contribution in [0.1, 0.15) is 23.6 Å². The SMILES string of the molecule is Cc1cc(C)c(NC(=O)[C@@H](C)Sc2c(Cl)cccc2Cl)c(C)c1. The summed E-state index contributed by atoms with van der Waals surface area (Å²) in [5, 5.41) is 3.83. The maximum Gasteiger partial charge on any atom is 0.237 e. The van der Waals surface area contributed by atoms with E-state index < -0.39 is 0 Å². The summed E-state index contributed by atoms with van der Waals surface area (Å²) < 4.78 is 0. The lowest BCUT2D eigenvalue weighted by Crippen LogP contribution is -2.23. The Kier molecular flexibility index (Phi) is 6.01. The van der Waals surface area contributed by atoms with Crippen LogP contribution in [0.15, 0.2) is 35.2 Å². The van der Waals surface area contributed by atoms with E-state index in [0.29, 0.717) is 10.0 Å². The Morgan fingerprint density at radius 3 is 2.13 bits per heavy atom. The number of anilines is 1. The van der Waals surface area contributed by atoms with Crippen LogP contribution in [0.3, 0.4) is 0 Å². The number of hydrogen-bond donors (Lipinski definition) is 1. The number of rotatable bonds is 4. The third-order valence-corrected chi connectivity index (χ3v) is 5.61. The summed E-state index contributed by atoms with van der Waals surface area (Å²) >= 11 is 13.7. The van der Waals surface area contributed by atoms with Crippen LogP contribution in [0.5, 0.6) is 0 Å². The number of benzene rings is 2. The highest BCUT2D eigenvalue weighted by Gasteiger charge is 2.19. The number of nitrogens with one attached hydrogen (secondary N) is 1. The first kappa shape index (κ1) is 18.2. The molecule has 0 bridgehead atoms. The van der Waals surface area contributed by atoms with Crippen molar-refractivity contribution in [2.75, 3.05) is 5.32 Å². The first-order chi connectivity index (χ1) is 10.8. The van der Waals surface area contributed by atoms with Gasteiger partial charge in [0.15, 0.2) is 0 Å². The minimum Gasteiger partial charge on any atom is -0.325 e. The molecule has 0 aliphatic heterocycles. The topological polar surface area (TPSA) is 29.1 Å². The lowest BCUT2D eigenvalue weighted by Gasteiger charge is -2.17. The van der Waals surface area contributed by atoms with E-state index >= 15 is 0 Å². The Balaban J connectivity index is 2.15. The first-order valence-corrected chi connectivity index (χ1v) is 8.92. The molecule has 0 fully saturated rings. The van der Waals surface area contributed by atoms with Crippen molar-refractivity contribution in [1.82, 2.24) is 0 Å². The fourth-order valence-electron chi connectivity index (χ4n) is 2.43. The number of carbonyl (C=O) groups is 1. The van der Waals surface area contributed by atoms with Crippen molar-refractivity contribution < 1.29 is 4.79 Å². The molecule has 5 heteroatoms. The summed E-state index contributed by atoms with van der Waals surface area (Å²) in [5.74, 6) is -0.0685. The predicted molar refractivity (Wildman–Crippen MR) is 101 cm³/mol. The van der Waals surface area contributed by atoms with Gasteiger partial charge in [0.1, 0.15) is 0 Å². The lowest BCUT2D eigenvalue weighted by atomic mass is 10.1. The first-order valence-electron chi connectivity index (χ1n) is 7.29. The Hall–Kier alpha value is -1.16. The average molecular weight is 368 g/mol. The van der Waals surface area contributed by atoms with Crippen molar-refractivity contribution in [3.8, 4) is 0 Å². The van der Waals surface area contributed by atoms with Gasteiger partial charge in [-0.1, -0.05) is 47.0 Å². The second kappa shape index (κ2) is 7.61. The maximum atomic E-state index is 12.5. The number of carbonyl (C=O) groups excluding carboxylic acids is 1. The van der Waals surface area contributed by atoms with Gasteiger partial charge in [0, 0.05) is 10.6 Å². The molecule has 23 heavy (non-hydrogen) atoms. The Labute approximate surface area is 151 Å². The van der Waals surface area contributed by atoms with Gasteiger partial charge in [0.05, 0.1) is 15.3 Å². The molecular weight excluding hydrogens is 349 g/mol. The smallest absolute Gasteiger partial charge is 0.237 e. The standard InChI is InChI=1S/C18H19Cl2NOS/c1-10-8-11(2)16(12(3)9-10)21-18(22)13(4)23-17-14(19)6-5-7-15(17)20/h5-9,13H,1-4H3,(H,21,22)/t13-/m1/s1. The Morgan fingerprint density at radius 2 is 1.61 bits per heavy atom. The van der Waals surface area contributed by atoms with E-state index in [0.717, 1.165) is 21.7 Å². The lowest BCUT2D eigenvalue weighted by molar-refractivity contribution is -0.115. The molecule has 1 N–H and O–H groups in total. The third-order valence-electron chi connectivity index (χ3n) is 3.51. The minimum atomic E-state index is -0.312. The molecule has 1 atom stereocenters. The molecular formula is C18H19Cl2NOS. The molecule has 1 amide bonds. The molecule has 0 spiro atoms. The molecule has 2 aromatic rings. The second-order valence-electron chi connectivity index (χ2n) is 5.57. The fraction of sp³-hybridized carbons (Fsp3) is 0.278. The Bertz CT molecular complexity index is 703. The third kappa shape index (κ3) is 4.43. The fourth-order valence-corrected chi connectivity index (χ4v) is 3.97. The largest absolute Gasteiger partial charge is 0.325 e. The normalized spacial score (nSPS) is 12.1. The molecule has 2 rings (SSSR count). The number of aryl methyl sites for hydroxylation is 3. The van der Waals surface area contributed by atoms with E-state index in [4.69, 9.17) is 23.2 Å². The summed E-state index contributed by atoms with van der Waals surface area (Å²) in [6, 6.07) is 9.46. The van der Waals surface area contributed by atoms with Crippen LogP contribution < -0.4 is 5.32 Å². The van der Waals surface area contributed by atoms with E-state index in [1.165, 1.54) is 17.3 Å². The van der Waals surface area contributed by atoms with Crippen molar-refractivity contribution in [2.24, 2.45) is 0 Å². The number of amides is 1. The maximum absolute atomic E-state index is 12.5. The quantitative estimate of drug-likeness (QED) is 0.667. The Morgan fingerprint density at radius 1 is 1.09 bits per heavy atom. The van der Waals surface area contributed by atoms with Crippen LogP contribution in [0.25, 0.3) is 0 Å². The van der Waals surface area contributed by atoms with Crippen molar-refractivity contribution in [3.63, 3.8) is 0 Å². The summed E-state index contributed by atoms with van der Waals surface area (Å²) in [7, 11) is 0. The van der Waals surface area contributed by atoms with Gasteiger partial charge >= 0.3 is 0 Å². The van der Waals surface area contributed by atoms with Crippen molar-refractivity contribution >= 4 is 46.6 Å². The zero-order chi connectivity index (χ0) is 17.1. The zero-order valence-corrected chi connectivity index (χ0v) is 15.9. The zero-order valence-electron chi connectivity index (χ0n) is 13.5. The van der Waals surface area contributed by atoms with Crippen molar-refractivity contribution in [2.45, 2.75) is 37.8 Å². The van der Waals surface area contributed by atoms with Crippen molar-refractivity contribution in [1.29, 1.82) is 0 Å². The van der Waals surface area contributed by atoms with E-state index in [2.05, 4.69) is 17.4 Å². The van der Waals surface area contributed by atoms with Gasteiger partial charge in [0.25, 0.3) is 0 Å². The minimum absolute atomic E-state index is 0.0685. The van der Waals surface area contributed by atoms with E-state index in [-0.39, 0.29) is 11.2 Å². The molecule has 0 radical (unpaired) electrons. The van der Waals surface area contributed by atoms with Gasteiger partial charge in [-0.05, 0) is 51.0 Å². The summed E-state index contributed by atoms with van der Waals surface area (Å²) in [6.45, 7) is 7.89. The molecule has 0 saturated heterocycles. The van der Waals surface area contributed by atoms with Gasteiger partial charge in [-0.15, -0.1) is 11.8 Å². The molecule has 0 unspecified atom stereocenters. The molecule has 0 aliphatic carbocycles. The van der Waals surface area contributed by atoms with Crippen LogP contribution in [0.4, 0.5) is 5.69 Å². The highest BCUT2D eigenvalue weighted by atomic mass is 35.5. The molecule has 2 aromatic carbocycles. The van der Waals surface area contributed by atoms with Crippen LogP contribution in [0, 0.1) is 20.8 Å². The molecule has 0 aromatic heterocycles. The van der Waals surface area contributed by atoms with Crippen LogP contribution in [-0.4, -0.2) is 11.2 Å². The summed E-state index contributed by atoms with van der Waals surface area (Å²) in [6.07, 6.45) is 0. The predicted octanol–water partition coefficient (Wildman–Crippen LogP) is 6.04. The van der Waals surface area contributed by atoms with Gasteiger partial charge < -0.3 is 5.32 Å². The van der Waals surface area contributed by atoms with Crippen molar-refractivity contribution in [3.05, 3.63) is 57.1 Å². The molecule has 0 saturated carbocycles. The molecule has 122 valence electrons. The second-order valence-corrected chi connectivity index (χ2v) is 7.74. The van der Waals surface area contributed by atoms with Gasteiger partial charge in [0.2, 0.25) is 5.91 Å². The molecule has 0 heterocycles. The monoisotopic (exact) mass is 367 g/mol. The van der Waals surface area contributed by atoms with E-state index in [1.54, 1.807) is 18.2 Å². The van der Waals surface area contributed by atoms with Crippen LogP contribution >= 0.6 is 35.0 Å². The number of thioether (sulfide) groups is 1. The summed E-state index contributed by atoms with van der Waals surface area (Å²) in [5.41, 5.74) is 4.18. The number of halogens is 2. The van der Waals surface area contributed by atoms with Gasteiger partial charge in [-0.2, -0.15) is 0 Å². The van der Waals surface area contributed by atoms with E-state index in [9.17, 15) is 4.79 Å². The van der Waals surface area contributed by atoms with Crippen LogP contribution in [0.2, 0.25) is 10.0 Å². The highest BCUT2D eigenvalue weighted by Crippen LogP contribution is 2.36. The number of hydrogen-bond acceptors (Lipinski definition) is 2. The highest BCUT2D eigenvalue weighted by molar-refractivity contribution is 8.00. The molecule has 0 aliphatic rings. The molecule has 2 nitrogen and oxygen atoms in total.